The van der Waals surface area contributed by atoms with Gasteiger partial charge in [-0.1, -0.05) is 24.3 Å². The number of pyridine rings is 1. The van der Waals surface area contributed by atoms with Crippen molar-refractivity contribution in [3.05, 3.63) is 58.6 Å². The van der Waals surface area contributed by atoms with Crippen LogP contribution in [0, 0.1) is 0 Å². The van der Waals surface area contributed by atoms with Crippen LogP contribution in [-0.4, -0.2) is 14.7 Å². The van der Waals surface area contributed by atoms with Crippen LogP contribution < -0.4 is 5.56 Å². The molecule has 2 aromatic heterocycles. The Balaban J connectivity index is 2.22. The average Bonchev–Trinajstić information content (AvgIpc) is 2.96. The molecule has 23 heavy (non-hydrogen) atoms. The number of aromatic amines is 1. The second kappa shape index (κ2) is 5.39. The molecule has 2 N–H and O–H groups in total. The highest BCUT2D eigenvalue weighted by Crippen LogP contribution is 2.29. The van der Waals surface area contributed by atoms with Crippen LogP contribution in [0.1, 0.15) is 39.3 Å². The quantitative estimate of drug-likeness (QED) is 0.773. The molecule has 0 radical (unpaired) electrons. The van der Waals surface area contributed by atoms with E-state index in [4.69, 9.17) is 0 Å². The van der Waals surface area contributed by atoms with Gasteiger partial charge in [0.2, 0.25) is 0 Å². The molecule has 0 spiro atoms. The monoisotopic (exact) mass is 310 g/mol. The molecule has 3 rings (SSSR count). The molecule has 4 heteroatoms. The first-order valence-electron chi connectivity index (χ1n) is 7.84. The van der Waals surface area contributed by atoms with E-state index in [1.165, 1.54) is 0 Å². The molecule has 120 valence electrons. The lowest BCUT2D eigenvalue weighted by molar-refractivity contribution is 0.0786. The minimum atomic E-state index is -0.862. The summed E-state index contributed by atoms with van der Waals surface area (Å²) in [6.07, 6.45) is 3.72. The number of fused-ring (bicyclic) bond motifs is 1. The number of nitrogens with zero attached hydrogens (tertiary/aromatic N) is 1. The largest absolute Gasteiger partial charge is 0.386 e. The zero-order valence-electron chi connectivity index (χ0n) is 13.9. The molecule has 0 fully saturated rings. The maximum atomic E-state index is 12.5. The Bertz CT molecular complexity index is 894. The van der Waals surface area contributed by atoms with Gasteiger partial charge in [-0.05, 0) is 44.9 Å². The fourth-order valence-corrected chi connectivity index (χ4v) is 2.84. The molecule has 0 saturated carbocycles. The van der Waals surface area contributed by atoms with E-state index >= 15 is 0 Å². The van der Waals surface area contributed by atoms with Crippen molar-refractivity contribution in [2.75, 3.05) is 0 Å². The molecular weight excluding hydrogens is 288 g/mol. The van der Waals surface area contributed by atoms with Crippen LogP contribution >= 0.6 is 0 Å². The van der Waals surface area contributed by atoms with E-state index < -0.39 is 5.60 Å². The lowest BCUT2D eigenvalue weighted by Crippen LogP contribution is -2.22. The summed E-state index contributed by atoms with van der Waals surface area (Å²) in [5, 5.41) is 11.0. The molecule has 0 aliphatic heterocycles. The second-order valence-electron chi connectivity index (χ2n) is 6.75. The zero-order chi connectivity index (χ0) is 16.8. The molecule has 3 aromatic rings. The molecule has 0 unspecified atom stereocenters. The molecule has 0 atom stereocenters. The highest BCUT2D eigenvalue weighted by atomic mass is 16.3. The van der Waals surface area contributed by atoms with Crippen molar-refractivity contribution in [3.63, 3.8) is 0 Å². The highest BCUT2D eigenvalue weighted by molar-refractivity contribution is 5.94. The summed E-state index contributed by atoms with van der Waals surface area (Å²) in [6, 6.07) is 9.86. The molecule has 0 amide bonds. The number of benzene rings is 1. The molecule has 0 aliphatic carbocycles. The Kier molecular flexibility index (Phi) is 3.65. The minimum Gasteiger partial charge on any atom is -0.386 e. The first-order chi connectivity index (χ1) is 10.8. The predicted molar refractivity (Wildman–Crippen MR) is 93.6 cm³/mol. The van der Waals surface area contributed by atoms with Gasteiger partial charge in [-0.25, -0.2) is 0 Å². The van der Waals surface area contributed by atoms with Gasteiger partial charge < -0.3 is 14.7 Å². The van der Waals surface area contributed by atoms with Gasteiger partial charge in [0.05, 0.1) is 5.60 Å². The Morgan fingerprint density at radius 3 is 2.35 bits per heavy atom. The lowest BCUT2D eigenvalue weighted by Gasteiger charge is -2.18. The molecule has 0 bridgehead atoms. The van der Waals surface area contributed by atoms with Gasteiger partial charge in [0.15, 0.2) is 0 Å². The van der Waals surface area contributed by atoms with Crippen molar-refractivity contribution < 1.29 is 5.11 Å². The number of hydrogen-bond acceptors (Lipinski definition) is 2. The summed E-state index contributed by atoms with van der Waals surface area (Å²) >= 11 is 0. The second-order valence-corrected chi connectivity index (χ2v) is 6.75. The minimum absolute atomic E-state index is 0.00291. The van der Waals surface area contributed by atoms with E-state index in [2.05, 4.69) is 4.98 Å². The third kappa shape index (κ3) is 2.70. The Morgan fingerprint density at radius 1 is 1.13 bits per heavy atom. The first-order valence-corrected chi connectivity index (χ1v) is 7.84. The fraction of sp³-hybridized carbons (Fsp3) is 0.316. The predicted octanol–water partition coefficient (Wildman–Crippen LogP) is 3.80. The van der Waals surface area contributed by atoms with Crippen LogP contribution in [-0.2, 0) is 5.60 Å². The molecule has 0 aliphatic rings. The van der Waals surface area contributed by atoms with Crippen molar-refractivity contribution in [1.29, 1.82) is 0 Å². The van der Waals surface area contributed by atoms with E-state index in [0.29, 0.717) is 5.52 Å². The Hall–Kier alpha value is -2.33. The molecule has 1 aromatic carbocycles. The summed E-state index contributed by atoms with van der Waals surface area (Å²) in [5.74, 6) is 0. The summed E-state index contributed by atoms with van der Waals surface area (Å²) < 4.78 is 1.75. The normalized spacial score (nSPS) is 12.3. The molecular formula is C19H22N2O2. The summed E-state index contributed by atoms with van der Waals surface area (Å²) in [7, 11) is 0. The van der Waals surface area contributed by atoms with Gasteiger partial charge in [0.25, 0.3) is 5.56 Å². The van der Waals surface area contributed by atoms with Crippen LogP contribution in [0.4, 0.5) is 0 Å². The summed E-state index contributed by atoms with van der Waals surface area (Å²) in [6.45, 7) is 7.53. The number of aromatic nitrogens is 2. The number of aliphatic hydroxyl groups is 1. The third-order valence-corrected chi connectivity index (χ3v) is 4.21. The summed E-state index contributed by atoms with van der Waals surface area (Å²) in [5.41, 5.74) is 2.66. The Labute approximate surface area is 135 Å². The van der Waals surface area contributed by atoms with Crippen LogP contribution in [0.25, 0.3) is 22.0 Å². The number of rotatable bonds is 3. The van der Waals surface area contributed by atoms with Crippen molar-refractivity contribution >= 4 is 10.9 Å². The van der Waals surface area contributed by atoms with E-state index in [0.717, 1.165) is 22.1 Å². The van der Waals surface area contributed by atoms with E-state index in [1.807, 2.05) is 50.4 Å². The van der Waals surface area contributed by atoms with Gasteiger partial charge in [0.1, 0.15) is 5.52 Å². The molecule has 0 saturated heterocycles. The van der Waals surface area contributed by atoms with Crippen molar-refractivity contribution in [3.8, 4) is 11.1 Å². The van der Waals surface area contributed by atoms with Crippen LogP contribution in [0.15, 0.2) is 47.5 Å². The Morgan fingerprint density at radius 2 is 1.78 bits per heavy atom. The van der Waals surface area contributed by atoms with Gasteiger partial charge in [0, 0.05) is 29.4 Å². The molecule has 4 nitrogen and oxygen atoms in total. The third-order valence-electron chi connectivity index (χ3n) is 4.21. The van der Waals surface area contributed by atoms with Crippen LogP contribution in [0.3, 0.4) is 0 Å². The zero-order valence-corrected chi connectivity index (χ0v) is 13.9. The SMILES string of the molecule is CC(C)n1cc(-c2ccc(C(C)(C)O)cc2)c2cc[nH]c2c1=O. The van der Waals surface area contributed by atoms with Crippen molar-refractivity contribution in [2.24, 2.45) is 0 Å². The van der Waals surface area contributed by atoms with Crippen molar-refractivity contribution in [2.45, 2.75) is 39.3 Å². The fourth-order valence-electron chi connectivity index (χ4n) is 2.84. The number of H-pyrrole nitrogens is 1. The van der Waals surface area contributed by atoms with Gasteiger partial charge in [-0.15, -0.1) is 0 Å². The number of nitrogens with one attached hydrogen (secondary N) is 1. The molecule has 2 heterocycles. The maximum absolute atomic E-state index is 12.5. The standard InChI is InChI=1S/C19H22N2O2/c1-12(2)21-11-16(15-9-10-20-17(15)18(21)22)13-5-7-14(8-6-13)19(3,4)23/h5-12,20,23H,1-4H3. The van der Waals surface area contributed by atoms with Crippen molar-refractivity contribution in [1.82, 2.24) is 9.55 Å². The first kappa shape index (κ1) is 15.6. The van der Waals surface area contributed by atoms with Gasteiger partial charge in [-0.2, -0.15) is 0 Å². The van der Waals surface area contributed by atoms with Gasteiger partial charge in [-0.3, -0.25) is 4.79 Å². The lowest BCUT2D eigenvalue weighted by atomic mass is 9.95. The van der Waals surface area contributed by atoms with Gasteiger partial charge >= 0.3 is 0 Å². The maximum Gasteiger partial charge on any atom is 0.275 e. The number of hydrogen-bond donors (Lipinski definition) is 2. The highest BCUT2D eigenvalue weighted by Gasteiger charge is 2.17. The van der Waals surface area contributed by atoms with E-state index in [-0.39, 0.29) is 11.6 Å². The van der Waals surface area contributed by atoms with E-state index in [9.17, 15) is 9.90 Å². The van der Waals surface area contributed by atoms with Crippen LogP contribution in [0.5, 0.6) is 0 Å². The topological polar surface area (TPSA) is 58.0 Å². The smallest absolute Gasteiger partial charge is 0.275 e. The summed E-state index contributed by atoms with van der Waals surface area (Å²) in [4.78, 5) is 15.6. The average molecular weight is 310 g/mol. The van der Waals surface area contributed by atoms with E-state index in [1.54, 1.807) is 24.6 Å². The van der Waals surface area contributed by atoms with Crippen LogP contribution in [0.2, 0.25) is 0 Å².